The Morgan fingerprint density at radius 3 is 3.00 bits per heavy atom. The van der Waals surface area contributed by atoms with Gasteiger partial charge in [-0.1, -0.05) is 29.9 Å². The molecule has 1 saturated carbocycles. The maximum atomic E-state index is 5.72. The van der Waals surface area contributed by atoms with Crippen molar-refractivity contribution in [3.05, 3.63) is 10.5 Å². The molecule has 0 unspecified atom stereocenters. The standard InChI is InChI=1S/C7H9ClN2S/c1-4-2-5(4)10-7-9-3-6(8)11-7/h3-5H,2H2,1H3,(H,9,10)/t4-,5-/m1/s1. The van der Waals surface area contributed by atoms with Gasteiger partial charge in [-0.3, -0.25) is 0 Å². The number of halogens is 1. The number of hydrogen-bond donors (Lipinski definition) is 1. The number of rotatable bonds is 2. The first-order valence-corrected chi connectivity index (χ1v) is 4.83. The molecular weight excluding hydrogens is 180 g/mol. The van der Waals surface area contributed by atoms with Crippen LogP contribution in [0.15, 0.2) is 6.20 Å². The molecule has 1 aliphatic carbocycles. The van der Waals surface area contributed by atoms with Crippen molar-refractivity contribution in [2.24, 2.45) is 5.92 Å². The second-order valence-corrected chi connectivity index (χ2v) is 4.60. The van der Waals surface area contributed by atoms with E-state index < -0.39 is 0 Å². The van der Waals surface area contributed by atoms with Gasteiger partial charge in [0.1, 0.15) is 4.34 Å². The molecule has 0 bridgehead atoms. The van der Waals surface area contributed by atoms with Crippen LogP contribution in [-0.2, 0) is 0 Å². The van der Waals surface area contributed by atoms with Gasteiger partial charge in [-0.2, -0.15) is 0 Å². The van der Waals surface area contributed by atoms with E-state index in [4.69, 9.17) is 11.6 Å². The lowest BCUT2D eigenvalue weighted by atomic mass is 10.5. The first-order chi connectivity index (χ1) is 5.25. The van der Waals surface area contributed by atoms with Crippen molar-refractivity contribution in [2.45, 2.75) is 19.4 Å². The average molecular weight is 189 g/mol. The summed E-state index contributed by atoms with van der Waals surface area (Å²) in [7, 11) is 0. The quantitative estimate of drug-likeness (QED) is 0.772. The molecule has 0 amide bonds. The highest BCUT2D eigenvalue weighted by Crippen LogP contribution is 2.34. The van der Waals surface area contributed by atoms with Crippen molar-refractivity contribution in [2.75, 3.05) is 5.32 Å². The zero-order valence-corrected chi connectivity index (χ0v) is 7.75. The lowest BCUT2D eigenvalue weighted by molar-refractivity contribution is 0.927. The zero-order valence-electron chi connectivity index (χ0n) is 6.17. The summed E-state index contributed by atoms with van der Waals surface area (Å²) in [6.07, 6.45) is 2.94. The van der Waals surface area contributed by atoms with Gasteiger partial charge in [-0.25, -0.2) is 4.98 Å². The molecule has 4 heteroatoms. The second kappa shape index (κ2) is 2.64. The number of anilines is 1. The molecule has 0 aliphatic heterocycles. The number of nitrogens with one attached hydrogen (secondary N) is 1. The van der Waals surface area contributed by atoms with Gasteiger partial charge in [-0.15, -0.1) is 0 Å². The summed E-state index contributed by atoms with van der Waals surface area (Å²) in [6, 6.07) is 0.636. The molecular formula is C7H9ClN2S. The Morgan fingerprint density at radius 1 is 1.82 bits per heavy atom. The molecule has 0 radical (unpaired) electrons. The summed E-state index contributed by atoms with van der Waals surface area (Å²) in [5, 5.41) is 4.26. The van der Waals surface area contributed by atoms with Crippen LogP contribution in [0, 0.1) is 5.92 Å². The Bertz CT molecular complexity index is 261. The Kier molecular flexibility index (Phi) is 1.77. The molecule has 0 spiro atoms. The fraction of sp³-hybridized carbons (Fsp3) is 0.571. The first-order valence-electron chi connectivity index (χ1n) is 3.63. The van der Waals surface area contributed by atoms with E-state index >= 15 is 0 Å². The normalized spacial score (nSPS) is 28.5. The van der Waals surface area contributed by atoms with Crippen LogP contribution in [0.1, 0.15) is 13.3 Å². The van der Waals surface area contributed by atoms with E-state index in [1.807, 2.05) is 0 Å². The molecule has 0 saturated heterocycles. The topological polar surface area (TPSA) is 24.9 Å². The zero-order chi connectivity index (χ0) is 7.84. The molecule has 0 aromatic carbocycles. The van der Waals surface area contributed by atoms with Gasteiger partial charge >= 0.3 is 0 Å². The van der Waals surface area contributed by atoms with Crippen molar-refractivity contribution in [1.29, 1.82) is 0 Å². The van der Waals surface area contributed by atoms with Crippen LogP contribution in [0.4, 0.5) is 5.13 Å². The maximum absolute atomic E-state index is 5.72. The van der Waals surface area contributed by atoms with Gasteiger partial charge in [0.2, 0.25) is 0 Å². The fourth-order valence-corrected chi connectivity index (χ4v) is 1.88. The van der Waals surface area contributed by atoms with E-state index in [1.54, 1.807) is 6.20 Å². The average Bonchev–Trinajstić information content (AvgIpc) is 2.42. The minimum absolute atomic E-state index is 0.636. The van der Waals surface area contributed by atoms with Gasteiger partial charge in [0, 0.05) is 6.04 Å². The van der Waals surface area contributed by atoms with Crippen molar-refractivity contribution >= 4 is 28.1 Å². The molecule has 2 rings (SSSR count). The molecule has 2 atom stereocenters. The van der Waals surface area contributed by atoms with Crippen LogP contribution < -0.4 is 5.32 Å². The fourth-order valence-electron chi connectivity index (χ4n) is 1.00. The summed E-state index contributed by atoms with van der Waals surface area (Å²) in [4.78, 5) is 4.11. The minimum Gasteiger partial charge on any atom is -0.358 e. The van der Waals surface area contributed by atoms with Gasteiger partial charge < -0.3 is 5.32 Å². The summed E-state index contributed by atoms with van der Waals surface area (Å²) in [5.74, 6) is 0.803. The Hall–Kier alpha value is -0.280. The van der Waals surface area contributed by atoms with Gasteiger partial charge in [0.25, 0.3) is 0 Å². The van der Waals surface area contributed by atoms with Gasteiger partial charge in [0.05, 0.1) is 6.20 Å². The molecule has 1 fully saturated rings. The van der Waals surface area contributed by atoms with Crippen molar-refractivity contribution < 1.29 is 0 Å². The summed E-state index contributed by atoms with van der Waals surface area (Å²) >= 11 is 7.22. The molecule has 1 aromatic heterocycles. The molecule has 1 N–H and O–H groups in total. The molecule has 1 heterocycles. The van der Waals surface area contributed by atoms with Crippen LogP contribution in [0.2, 0.25) is 4.34 Å². The van der Waals surface area contributed by atoms with Gasteiger partial charge in [0.15, 0.2) is 5.13 Å². The Labute approximate surface area is 74.6 Å². The summed E-state index contributed by atoms with van der Waals surface area (Å²) in [6.45, 7) is 2.23. The van der Waals surface area contributed by atoms with Crippen molar-refractivity contribution in [3.63, 3.8) is 0 Å². The maximum Gasteiger partial charge on any atom is 0.184 e. The Balaban J connectivity index is 1.96. The van der Waals surface area contributed by atoms with E-state index in [1.165, 1.54) is 17.8 Å². The van der Waals surface area contributed by atoms with E-state index in [-0.39, 0.29) is 0 Å². The van der Waals surface area contributed by atoms with Crippen LogP contribution in [-0.4, -0.2) is 11.0 Å². The van der Waals surface area contributed by atoms with E-state index in [2.05, 4.69) is 17.2 Å². The molecule has 1 aliphatic rings. The number of hydrogen-bond acceptors (Lipinski definition) is 3. The highest BCUT2D eigenvalue weighted by molar-refractivity contribution is 7.19. The van der Waals surface area contributed by atoms with E-state index in [9.17, 15) is 0 Å². The van der Waals surface area contributed by atoms with Gasteiger partial charge in [-0.05, 0) is 12.3 Å². The largest absolute Gasteiger partial charge is 0.358 e. The molecule has 1 aromatic rings. The Morgan fingerprint density at radius 2 is 2.55 bits per heavy atom. The number of aromatic nitrogens is 1. The van der Waals surface area contributed by atoms with Crippen LogP contribution in [0.3, 0.4) is 0 Å². The summed E-state index contributed by atoms with van der Waals surface area (Å²) < 4.78 is 0.751. The van der Waals surface area contributed by atoms with Crippen molar-refractivity contribution in [1.82, 2.24) is 4.98 Å². The number of nitrogens with zero attached hydrogens (tertiary/aromatic N) is 1. The highest BCUT2D eigenvalue weighted by atomic mass is 35.5. The minimum atomic E-state index is 0.636. The van der Waals surface area contributed by atoms with Crippen LogP contribution >= 0.6 is 22.9 Å². The second-order valence-electron chi connectivity index (χ2n) is 2.93. The predicted molar refractivity (Wildman–Crippen MR) is 48.3 cm³/mol. The smallest absolute Gasteiger partial charge is 0.184 e. The third-order valence-corrected chi connectivity index (χ3v) is 2.94. The summed E-state index contributed by atoms with van der Waals surface area (Å²) in [5.41, 5.74) is 0. The van der Waals surface area contributed by atoms with Crippen LogP contribution in [0.5, 0.6) is 0 Å². The third-order valence-electron chi connectivity index (χ3n) is 1.90. The molecule has 2 nitrogen and oxygen atoms in total. The molecule has 11 heavy (non-hydrogen) atoms. The SMILES string of the molecule is C[C@@H]1C[C@H]1Nc1ncc(Cl)s1. The predicted octanol–water partition coefficient (Wildman–Crippen LogP) is 2.62. The van der Waals surface area contributed by atoms with E-state index in [0.717, 1.165) is 15.4 Å². The number of thiazole rings is 1. The monoisotopic (exact) mass is 188 g/mol. The van der Waals surface area contributed by atoms with E-state index in [0.29, 0.717) is 6.04 Å². The van der Waals surface area contributed by atoms with Crippen LogP contribution in [0.25, 0.3) is 0 Å². The first kappa shape index (κ1) is 7.37. The lowest BCUT2D eigenvalue weighted by Gasteiger charge is -1.96. The molecule has 60 valence electrons. The van der Waals surface area contributed by atoms with Crippen molar-refractivity contribution in [3.8, 4) is 0 Å². The highest BCUT2D eigenvalue weighted by Gasteiger charge is 2.32. The lowest BCUT2D eigenvalue weighted by Crippen LogP contribution is -2.02. The third kappa shape index (κ3) is 1.65.